The third kappa shape index (κ3) is 4.06. The summed E-state index contributed by atoms with van der Waals surface area (Å²) >= 11 is 7.45. The Labute approximate surface area is 167 Å². The molecule has 3 heterocycles. The molecule has 1 fully saturated rings. The minimum Gasteiger partial charge on any atom is -0.445 e. The Morgan fingerprint density at radius 1 is 1.41 bits per heavy atom. The fourth-order valence-electron chi connectivity index (χ4n) is 3.46. The number of carbonyl (C=O) groups is 1. The molecule has 3 aromatic rings. The molecule has 1 atom stereocenters. The van der Waals surface area contributed by atoms with E-state index in [1.165, 1.54) is 11.3 Å². The maximum Gasteiger partial charge on any atom is 0.265 e. The topological polar surface area (TPSA) is 59.2 Å². The average molecular weight is 402 g/mol. The van der Waals surface area contributed by atoms with Crippen LogP contribution in [0.2, 0.25) is 5.02 Å². The number of piperidine rings is 1. The van der Waals surface area contributed by atoms with Gasteiger partial charge in [0, 0.05) is 24.5 Å². The van der Waals surface area contributed by atoms with Gasteiger partial charge in [-0.3, -0.25) is 4.79 Å². The van der Waals surface area contributed by atoms with E-state index >= 15 is 0 Å². The number of nitrogens with zero attached hydrogens (tertiary/aromatic N) is 3. The van der Waals surface area contributed by atoms with E-state index in [1.807, 2.05) is 36.1 Å². The lowest BCUT2D eigenvalue weighted by Gasteiger charge is -2.31. The van der Waals surface area contributed by atoms with Gasteiger partial charge in [-0.2, -0.15) is 0 Å². The van der Waals surface area contributed by atoms with E-state index in [2.05, 4.69) is 9.97 Å². The predicted octanol–water partition coefficient (Wildman–Crippen LogP) is 4.70. The van der Waals surface area contributed by atoms with Gasteiger partial charge in [0.15, 0.2) is 5.89 Å². The minimum absolute atomic E-state index is 0.0606. The summed E-state index contributed by atoms with van der Waals surface area (Å²) in [6.07, 6.45) is 4.36. The van der Waals surface area contributed by atoms with Crippen LogP contribution in [-0.2, 0) is 6.42 Å². The first-order chi connectivity index (χ1) is 13.1. The Bertz CT molecular complexity index is 952. The summed E-state index contributed by atoms with van der Waals surface area (Å²) in [5.41, 5.74) is 3.61. The number of benzene rings is 1. The number of halogens is 1. The molecule has 1 amide bonds. The zero-order valence-corrected chi connectivity index (χ0v) is 16.6. The third-order valence-electron chi connectivity index (χ3n) is 4.84. The lowest BCUT2D eigenvalue weighted by atomic mass is 9.98. The van der Waals surface area contributed by atoms with Crippen molar-refractivity contribution in [2.24, 2.45) is 0 Å². The molecule has 7 heteroatoms. The van der Waals surface area contributed by atoms with E-state index in [-0.39, 0.29) is 11.8 Å². The minimum atomic E-state index is 0.0606. The number of hydrogen-bond acceptors (Lipinski definition) is 5. The molecule has 0 N–H and O–H groups in total. The molecule has 0 unspecified atom stereocenters. The second-order valence-electron chi connectivity index (χ2n) is 6.83. The Kier molecular flexibility index (Phi) is 5.27. The number of hydrogen-bond donors (Lipinski definition) is 0. The summed E-state index contributed by atoms with van der Waals surface area (Å²) in [5.74, 6) is 1.72. The molecule has 1 aromatic carbocycles. The van der Waals surface area contributed by atoms with Gasteiger partial charge in [0.05, 0.1) is 23.3 Å². The normalized spacial score (nSPS) is 17.3. The van der Waals surface area contributed by atoms with Gasteiger partial charge in [0.2, 0.25) is 0 Å². The fraction of sp³-hybridized carbons (Fsp3) is 0.350. The number of likely N-dealkylation sites (tertiary alicyclic amines) is 1. The molecule has 0 saturated carbocycles. The van der Waals surface area contributed by atoms with Crippen LogP contribution in [0.5, 0.6) is 0 Å². The van der Waals surface area contributed by atoms with Gasteiger partial charge in [-0.25, -0.2) is 9.97 Å². The highest BCUT2D eigenvalue weighted by Gasteiger charge is 2.29. The van der Waals surface area contributed by atoms with Crippen molar-refractivity contribution < 1.29 is 9.21 Å². The highest BCUT2D eigenvalue weighted by atomic mass is 35.5. The van der Waals surface area contributed by atoms with Gasteiger partial charge >= 0.3 is 0 Å². The van der Waals surface area contributed by atoms with Crippen LogP contribution in [0.4, 0.5) is 0 Å². The Morgan fingerprint density at radius 2 is 2.30 bits per heavy atom. The third-order valence-corrected chi connectivity index (χ3v) is 5.99. The van der Waals surface area contributed by atoms with Crippen molar-refractivity contribution in [3.63, 3.8) is 0 Å². The highest BCUT2D eigenvalue weighted by molar-refractivity contribution is 7.11. The number of thiazole rings is 1. The maximum absolute atomic E-state index is 12.8. The molecule has 1 aliphatic rings. The van der Waals surface area contributed by atoms with Crippen LogP contribution >= 0.6 is 22.9 Å². The molecule has 1 saturated heterocycles. The van der Waals surface area contributed by atoms with Gasteiger partial charge in [-0.1, -0.05) is 23.7 Å². The quantitative estimate of drug-likeness (QED) is 0.635. The molecule has 0 spiro atoms. The van der Waals surface area contributed by atoms with E-state index < -0.39 is 0 Å². The van der Waals surface area contributed by atoms with E-state index in [1.54, 1.807) is 11.7 Å². The smallest absolute Gasteiger partial charge is 0.265 e. The standard InChI is InChI=1S/C20H20ClN3O2S/c1-13-18(27-12-23-13)20(25)24-7-3-5-15(11-24)19-22-10-17(26-19)9-14-4-2-6-16(21)8-14/h2,4,6,8,10,12,15H,3,5,7,9,11H2,1H3/t15-/m1/s1. The molecule has 1 aliphatic heterocycles. The van der Waals surface area contributed by atoms with Gasteiger partial charge in [-0.05, 0) is 37.5 Å². The van der Waals surface area contributed by atoms with Crippen molar-refractivity contribution in [1.29, 1.82) is 0 Å². The van der Waals surface area contributed by atoms with Crippen LogP contribution in [0.25, 0.3) is 0 Å². The van der Waals surface area contributed by atoms with E-state index in [4.69, 9.17) is 16.0 Å². The number of rotatable bonds is 4. The first kappa shape index (κ1) is 18.2. The Balaban J connectivity index is 1.45. The lowest BCUT2D eigenvalue weighted by Crippen LogP contribution is -2.39. The summed E-state index contributed by atoms with van der Waals surface area (Å²) in [6.45, 7) is 3.28. The Morgan fingerprint density at radius 3 is 3.07 bits per heavy atom. The van der Waals surface area contributed by atoms with Crippen LogP contribution in [0.1, 0.15) is 51.3 Å². The number of aryl methyl sites for hydroxylation is 1. The van der Waals surface area contributed by atoms with Crippen molar-refractivity contribution in [1.82, 2.24) is 14.9 Å². The molecule has 0 aliphatic carbocycles. The molecule has 140 valence electrons. The summed E-state index contributed by atoms with van der Waals surface area (Å²) in [6, 6.07) is 7.74. The number of aromatic nitrogens is 2. The van der Waals surface area contributed by atoms with Crippen molar-refractivity contribution in [3.05, 3.63) is 68.8 Å². The largest absolute Gasteiger partial charge is 0.445 e. The molecule has 27 heavy (non-hydrogen) atoms. The number of oxazole rings is 1. The van der Waals surface area contributed by atoms with Crippen LogP contribution in [0.15, 0.2) is 40.4 Å². The van der Waals surface area contributed by atoms with Crippen LogP contribution in [-0.4, -0.2) is 33.9 Å². The monoisotopic (exact) mass is 401 g/mol. The molecular formula is C20H20ClN3O2S. The molecule has 0 radical (unpaired) electrons. The molecule has 0 bridgehead atoms. The highest BCUT2D eigenvalue weighted by Crippen LogP contribution is 2.29. The van der Waals surface area contributed by atoms with Gasteiger partial charge in [0.25, 0.3) is 5.91 Å². The van der Waals surface area contributed by atoms with Crippen molar-refractivity contribution in [2.75, 3.05) is 13.1 Å². The first-order valence-electron chi connectivity index (χ1n) is 8.98. The average Bonchev–Trinajstić information content (AvgIpc) is 3.30. The SMILES string of the molecule is Cc1ncsc1C(=O)N1CCC[C@@H](c2ncc(Cc3cccc(Cl)c3)o2)C1. The van der Waals surface area contributed by atoms with Crippen molar-refractivity contribution in [3.8, 4) is 0 Å². The lowest BCUT2D eigenvalue weighted by molar-refractivity contribution is 0.0702. The molecule has 4 rings (SSSR count). The van der Waals surface area contributed by atoms with Crippen molar-refractivity contribution in [2.45, 2.75) is 32.1 Å². The van der Waals surface area contributed by atoms with Crippen LogP contribution in [0, 0.1) is 6.92 Å². The summed E-state index contributed by atoms with van der Waals surface area (Å²) in [4.78, 5) is 24.1. The number of amides is 1. The first-order valence-corrected chi connectivity index (χ1v) is 10.2. The van der Waals surface area contributed by atoms with E-state index in [9.17, 15) is 4.79 Å². The fourth-order valence-corrected chi connectivity index (χ4v) is 4.44. The van der Waals surface area contributed by atoms with E-state index in [0.29, 0.717) is 23.9 Å². The zero-order chi connectivity index (χ0) is 18.8. The van der Waals surface area contributed by atoms with Gasteiger partial charge in [-0.15, -0.1) is 11.3 Å². The number of carbonyl (C=O) groups excluding carboxylic acids is 1. The van der Waals surface area contributed by atoms with Gasteiger partial charge < -0.3 is 9.32 Å². The van der Waals surface area contributed by atoms with Crippen molar-refractivity contribution >= 4 is 28.8 Å². The maximum atomic E-state index is 12.8. The molecular weight excluding hydrogens is 382 g/mol. The second kappa shape index (κ2) is 7.82. The summed E-state index contributed by atoms with van der Waals surface area (Å²) < 4.78 is 6.01. The van der Waals surface area contributed by atoms with E-state index in [0.717, 1.165) is 41.3 Å². The molecule has 2 aromatic heterocycles. The van der Waals surface area contributed by atoms with Crippen LogP contribution in [0.3, 0.4) is 0 Å². The Hall–Kier alpha value is -2.18. The summed E-state index contributed by atoms with van der Waals surface area (Å²) in [7, 11) is 0. The summed E-state index contributed by atoms with van der Waals surface area (Å²) in [5, 5.41) is 0.715. The second-order valence-corrected chi connectivity index (χ2v) is 8.12. The zero-order valence-electron chi connectivity index (χ0n) is 15.0. The predicted molar refractivity (Wildman–Crippen MR) is 105 cm³/mol. The molecule has 5 nitrogen and oxygen atoms in total. The van der Waals surface area contributed by atoms with Gasteiger partial charge in [0.1, 0.15) is 10.6 Å². The van der Waals surface area contributed by atoms with Crippen LogP contribution < -0.4 is 0 Å².